The van der Waals surface area contributed by atoms with Gasteiger partial charge in [0.15, 0.2) is 23.1 Å². The number of phenols is 1. The summed E-state index contributed by atoms with van der Waals surface area (Å²) in [5.41, 5.74) is 3.24. The molecule has 1 fully saturated rings. The second-order valence-corrected chi connectivity index (χ2v) is 10.8. The van der Waals surface area contributed by atoms with Gasteiger partial charge in [-0.05, 0) is 61.6 Å². The van der Waals surface area contributed by atoms with Crippen LogP contribution in [-0.4, -0.2) is 42.7 Å². The molecule has 2 amide bonds. The molecule has 2 aromatic carbocycles. The number of phenolic OH excluding ortho intramolecular Hbond substituents is 1. The average molecular weight is 552 g/mol. The molecular weight excluding hydrogens is 522 g/mol. The number of nitrogens with zero attached hydrogens (tertiary/aromatic N) is 1. The molecule has 2 aromatic rings. The molecule has 0 saturated carbocycles. The Morgan fingerprint density at radius 1 is 0.951 bits per heavy atom. The molecule has 8 nitrogen and oxygen atoms in total. The second-order valence-electron chi connectivity index (χ2n) is 10.8. The van der Waals surface area contributed by atoms with Crippen molar-refractivity contribution in [2.24, 2.45) is 23.7 Å². The van der Waals surface area contributed by atoms with Gasteiger partial charge in [0.05, 0.1) is 31.7 Å². The van der Waals surface area contributed by atoms with E-state index in [1.54, 1.807) is 49.4 Å². The van der Waals surface area contributed by atoms with E-state index in [-0.39, 0.29) is 47.1 Å². The van der Waals surface area contributed by atoms with Crippen molar-refractivity contribution in [3.05, 3.63) is 88.5 Å². The Morgan fingerprint density at radius 3 is 2.29 bits per heavy atom. The van der Waals surface area contributed by atoms with Crippen molar-refractivity contribution in [2.45, 2.75) is 19.8 Å². The highest BCUT2D eigenvalue weighted by molar-refractivity contribution is 6.24. The molecule has 8 heteroatoms. The van der Waals surface area contributed by atoms with Crippen molar-refractivity contribution in [1.29, 1.82) is 0 Å². The third kappa shape index (κ3) is 4.13. The number of ether oxygens (including phenoxy) is 2. The molecule has 0 bridgehead atoms. The number of methoxy groups -OCH3 is 2. The minimum absolute atomic E-state index is 0.128. The minimum atomic E-state index is -0.628. The highest BCUT2D eigenvalue weighted by Gasteiger charge is 2.56. The van der Waals surface area contributed by atoms with Gasteiger partial charge in [-0.2, -0.15) is 0 Å². The zero-order chi connectivity index (χ0) is 29.0. The van der Waals surface area contributed by atoms with Gasteiger partial charge in [0.2, 0.25) is 17.6 Å². The van der Waals surface area contributed by atoms with E-state index in [4.69, 9.17) is 9.47 Å². The number of fused-ring (bicyclic) bond motifs is 3. The monoisotopic (exact) mass is 551 g/mol. The normalized spacial score (nSPS) is 25.6. The first-order chi connectivity index (χ1) is 19.7. The summed E-state index contributed by atoms with van der Waals surface area (Å²) in [4.78, 5) is 55.3. The van der Waals surface area contributed by atoms with Crippen LogP contribution >= 0.6 is 0 Å². The van der Waals surface area contributed by atoms with Gasteiger partial charge in [0, 0.05) is 22.6 Å². The van der Waals surface area contributed by atoms with Crippen LogP contribution in [-0.2, 0) is 19.2 Å². The molecule has 1 saturated heterocycles. The smallest absolute Gasteiger partial charge is 0.238 e. The Morgan fingerprint density at radius 2 is 1.63 bits per heavy atom. The van der Waals surface area contributed by atoms with Crippen molar-refractivity contribution >= 4 is 35.1 Å². The number of carbonyl (C=O) groups excluding carboxylic acids is 4. The van der Waals surface area contributed by atoms with Gasteiger partial charge in [-0.1, -0.05) is 42.0 Å². The van der Waals surface area contributed by atoms with Crippen LogP contribution < -0.4 is 14.4 Å². The molecule has 1 N–H and O–H groups in total. The number of anilines is 1. The summed E-state index contributed by atoms with van der Waals surface area (Å²) in [5, 5.41) is 10.3. The summed E-state index contributed by atoms with van der Waals surface area (Å²) in [6, 6.07) is 12.2. The third-order valence-corrected chi connectivity index (χ3v) is 8.61. The summed E-state index contributed by atoms with van der Waals surface area (Å²) in [6.07, 6.45) is 7.58. The SMILES string of the molecule is COc1cc(C=CC2C3=CCC4C(=O)N(c5ccccc5)C(=O)C4C3CC3=C2C(=O)C(C)=CC3=O)cc(OC)c1O. The number of hydrogen-bond donors (Lipinski definition) is 1. The fraction of sp³-hybridized carbons (Fsp3) is 0.273. The molecule has 4 aliphatic rings. The van der Waals surface area contributed by atoms with Gasteiger partial charge >= 0.3 is 0 Å². The van der Waals surface area contributed by atoms with Crippen LogP contribution in [0.4, 0.5) is 5.69 Å². The molecule has 1 aliphatic heterocycles. The highest BCUT2D eigenvalue weighted by atomic mass is 16.5. The first kappa shape index (κ1) is 26.5. The maximum Gasteiger partial charge on any atom is 0.238 e. The molecule has 4 unspecified atom stereocenters. The Bertz CT molecular complexity index is 1600. The Hall–Kier alpha value is -4.72. The number of imide groups is 1. The van der Waals surface area contributed by atoms with E-state index in [9.17, 15) is 24.3 Å². The van der Waals surface area contributed by atoms with Crippen molar-refractivity contribution in [3.8, 4) is 17.2 Å². The zero-order valence-corrected chi connectivity index (χ0v) is 22.9. The molecule has 6 rings (SSSR count). The van der Waals surface area contributed by atoms with Gasteiger partial charge in [-0.15, -0.1) is 0 Å². The van der Waals surface area contributed by atoms with Crippen LogP contribution in [0, 0.1) is 23.7 Å². The summed E-state index contributed by atoms with van der Waals surface area (Å²) in [7, 11) is 2.88. The molecule has 0 aromatic heterocycles. The summed E-state index contributed by atoms with van der Waals surface area (Å²) < 4.78 is 10.6. The van der Waals surface area contributed by atoms with Crippen LogP contribution in [0.2, 0.25) is 0 Å². The van der Waals surface area contributed by atoms with E-state index in [2.05, 4.69) is 0 Å². The molecular formula is C33H29NO7. The quantitative estimate of drug-likeness (QED) is 0.329. The maximum absolute atomic E-state index is 13.9. The lowest BCUT2D eigenvalue weighted by atomic mass is 9.60. The number of hydrogen-bond acceptors (Lipinski definition) is 7. The fourth-order valence-corrected chi connectivity index (χ4v) is 6.69. The zero-order valence-electron chi connectivity index (χ0n) is 22.9. The van der Waals surface area contributed by atoms with E-state index in [1.807, 2.05) is 18.2 Å². The number of carbonyl (C=O) groups is 4. The molecule has 4 atom stereocenters. The van der Waals surface area contributed by atoms with Crippen molar-refractivity contribution < 1.29 is 33.8 Å². The second kappa shape index (κ2) is 10.0. The minimum Gasteiger partial charge on any atom is -0.502 e. The topological polar surface area (TPSA) is 110 Å². The van der Waals surface area contributed by atoms with Crippen molar-refractivity contribution in [3.63, 3.8) is 0 Å². The third-order valence-electron chi connectivity index (χ3n) is 8.61. The van der Waals surface area contributed by atoms with E-state index in [0.29, 0.717) is 34.4 Å². The van der Waals surface area contributed by atoms with Crippen molar-refractivity contribution in [1.82, 2.24) is 0 Å². The first-order valence-electron chi connectivity index (χ1n) is 13.5. The van der Waals surface area contributed by atoms with Crippen LogP contribution in [0.5, 0.6) is 17.2 Å². The van der Waals surface area contributed by atoms with Crippen LogP contribution in [0.25, 0.3) is 6.08 Å². The largest absolute Gasteiger partial charge is 0.502 e. The van der Waals surface area contributed by atoms with Crippen LogP contribution in [0.15, 0.2) is 83.0 Å². The number of allylic oxidation sites excluding steroid dienone is 7. The predicted octanol–water partition coefficient (Wildman–Crippen LogP) is 4.59. The molecule has 208 valence electrons. The molecule has 41 heavy (non-hydrogen) atoms. The molecule has 0 radical (unpaired) electrons. The molecule has 3 aliphatic carbocycles. The lowest BCUT2D eigenvalue weighted by Crippen LogP contribution is -2.40. The van der Waals surface area contributed by atoms with E-state index in [0.717, 1.165) is 5.57 Å². The fourth-order valence-electron chi connectivity index (χ4n) is 6.69. The van der Waals surface area contributed by atoms with Crippen molar-refractivity contribution in [2.75, 3.05) is 19.1 Å². The summed E-state index contributed by atoms with van der Waals surface area (Å²) >= 11 is 0. The van der Waals surface area contributed by atoms with E-state index >= 15 is 0 Å². The van der Waals surface area contributed by atoms with Gasteiger partial charge in [0.25, 0.3) is 0 Å². The number of aromatic hydroxyl groups is 1. The van der Waals surface area contributed by atoms with E-state index < -0.39 is 23.7 Å². The first-order valence-corrected chi connectivity index (χ1v) is 13.5. The Labute approximate surface area is 237 Å². The van der Waals surface area contributed by atoms with Crippen LogP contribution in [0.3, 0.4) is 0 Å². The Balaban J connectivity index is 1.44. The number of ketones is 2. The van der Waals surface area contributed by atoms with Gasteiger partial charge in [-0.25, -0.2) is 0 Å². The number of rotatable bonds is 5. The molecule has 1 heterocycles. The standard InChI is InChI=1S/C33H29NO7/c1-17-13-25(35)24-16-23-20(11-12-22-29(23)33(39)34(32(22)38)19-7-5-4-6-8-19)21(28(24)30(17)36)10-9-18-14-26(40-2)31(37)27(15-18)41-3/h4-11,13-15,21-23,29,37H,12,16H2,1-3H3. The summed E-state index contributed by atoms with van der Waals surface area (Å²) in [6.45, 7) is 1.63. The summed E-state index contributed by atoms with van der Waals surface area (Å²) in [5.74, 6) is -2.75. The predicted molar refractivity (Wildman–Crippen MR) is 151 cm³/mol. The van der Waals surface area contributed by atoms with Gasteiger partial charge < -0.3 is 14.6 Å². The van der Waals surface area contributed by atoms with E-state index in [1.165, 1.54) is 25.2 Å². The lowest BCUT2D eigenvalue weighted by molar-refractivity contribution is -0.123. The molecule has 0 spiro atoms. The van der Waals surface area contributed by atoms with Crippen LogP contribution in [0.1, 0.15) is 25.3 Å². The highest BCUT2D eigenvalue weighted by Crippen LogP contribution is 2.53. The number of amides is 2. The number of Topliss-reactive ketones (excluding diaryl/α,β-unsaturated/α-hetero) is 1. The number of benzene rings is 2. The maximum atomic E-state index is 13.9. The lowest BCUT2D eigenvalue weighted by Gasteiger charge is -2.41. The Kier molecular flexibility index (Phi) is 6.49. The van der Waals surface area contributed by atoms with Gasteiger partial charge in [-0.3, -0.25) is 24.1 Å². The average Bonchev–Trinajstić information content (AvgIpc) is 3.24. The van der Waals surface area contributed by atoms with Gasteiger partial charge in [0.1, 0.15) is 0 Å². The number of para-hydroxylation sites is 1.